The molecular weight excluding hydrogens is 404 g/mol. The summed E-state index contributed by atoms with van der Waals surface area (Å²) < 4.78 is 29.1. The third-order valence-electron chi connectivity index (χ3n) is 3.22. The van der Waals surface area contributed by atoms with E-state index in [2.05, 4.69) is 37.2 Å². The minimum atomic E-state index is -0.292. The highest BCUT2D eigenvalue weighted by molar-refractivity contribution is 9.10. The van der Waals surface area contributed by atoms with Crippen LogP contribution in [0.4, 0.5) is 8.78 Å². The fourth-order valence-electron chi connectivity index (χ4n) is 2.24. The Hall–Kier alpha value is -0.780. The van der Waals surface area contributed by atoms with Gasteiger partial charge in [-0.3, -0.25) is 0 Å². The lowest BCUT2D eigenvalue weighted by atomic mass is 9.98. The normalized spacial score (nSPS) is 12.4. The van der Waals surface area contributed by atoms with Gasteiger partial charge in [0.15, 0.2) is 0 Å². The second kappa shape index (κ2) is 7.47. The summed E-state index contributed by atoms with van der Waals surface area (Å²) in [6.07, 6.45) is 0.505. The van der Waals surface area contributed by atoms with Crippen molar-refractivity contribution >= 4 is 31.9 Å². The van der Waals surface area contributed by atoms with Gasteiger partial charge in [-0.25, -0.2) is 8.78 Å². The first-order chi connectivity index (χ1) is 10.0. The van der Waals surface area contributed by atoms with Gasteiger partial charge in [-0.1, -0.05) is 44.8 Å². The van der Waals surface area contributed by atoms with E-state index in [4.69, 9.17) is 0 Å². The molecule has 21 heavy (non-hydrogen) atoms. The van der Waals surface area contributed by atoms with Crippen molar-refractivity contribution in [3.8, 4) is 0 Å². The van der Waals surface area contributed by atoms with E-state index in [1.54, 1.807) is 12.1 Å². The summed E-state index contributed by atoms with van der Waals surface area (Å²) in [4.78, 5) is 0. The Morgan fingerprint density at radius 2 is 1.86 bits per heavy atom. The molecule has 0 radical (unpaired) electrons. The van der Waals surface area contributed by atoms with Gasteiger partial charge in [-0.15, -0.1) is 0 Å². The van der Waals surface area contributed by atoms with Crippen LogP contribution in [-0.4, -0.2) is 6.54 Å². The SMILES string of the molecule is CCNC(Cc1cc(F)ccc1Br)c1ccc(Br)cc1F. The molecule has 2 aromatic rings. The first-order valence-corrected chi connectivity index (χ1v) is 8.22. The van der Waals surface area contributed by atoms with Crippen LogP contribution in [0.25, 0.3) is 0 Å². The molecule has 2 rings (SSSR count). The zero-order valence-corrected chi connectivity index (χ0v) is 14.6. The second-order valence-electron chi connectivity index (χ2n) is 4.72. The molecule has 5 heteroatoms. The molecule has 0 aliphatic heterocycles. The summed E-state index contributed by atoms with van der Waals surface area (Å²) in [6, 6.07) is 9.34. The van der Waals surface area contributed by atoms with Crippen LogP contribution < -0.4 is 5.32 Å². The average Bonchev–Trinajstić information content (AvgIpc) is 2.42. The molecule has 0 spiro atoms. The molecule has 112 valence electrons. The van der Waals surface area contributed by atoms with E-state index in [1.807, 2.05) is 13.0 Å². The Morgan fingerprint density at radius 1 is 1.10 bits per heavy atom. The summed E-state index contributed by atoms with van der Waals surface area (Å²) in [5, 5.41) is 3.26. The Kier molecular flexibility index (Phi) is 5.90. The van der Waals surface area contributed by atoms with Crippen molar-refractivity contribution in [1.29, 1.82) is 0 Å². The predicted octanol–water partition coefficient (Wildman–Crippen LogP) is 5.38. The number of hydrogen-bond acceptors (Lipinski definition) is 1. The molecule has 0 aromatic heterocycles. The van der Waals surface area contributed by atoms with Gasteiger partial charge in [-0.05, 0) is 48.9 Å². The summed E-state index contributed by atoms with van der Waals surface area (Å²) in [5.74, 6) is -0.567. The fourth-order valence-corrected chi connectivity index (χ4v) is 2.98. The van der Waals surface area contributed by atoms with Gasteiger partial charge in [0, 0.05) is 20.6 Å². The Labute approximate surface area is 140 Å². The zero-order valence-electron chi connectivity index (χ0n) is 11.5. The summed E-state index contributed by atoms with van der Waals surface area (Å²) in [6.45, 7) is 2.66. The molecule has 0 fully saturated rings. The molecule has 2 aromatic carbocycles. The maximum absolute atomic E-state index is 14.2. The van der Waals surface area contributed by atoms with E-state index in [-0.39, 0.29) is 17.7 Å². The topological polar surface area (TPSA) is 12.0 Å². The Balaban J connectivity index is 2.32. The smallest absolute Gasteiger partial charge is 0.129 e. The van der Waals surface area contributed by atoms with Gasteiger partial charge in [0.05, 0.1) is 0 Å². The lowest BCUT2D eigenvalue weighted by Gasteiger charge is -2.20. The van der Waals surface area contributed by atoms with Crippen molar-refractivity contribution < 1.29 is 8.78 Å². The van der Waals surface area contributed by atoms with Crippen molar-refractivity contribution in [3.63, 3.8) is 0 Å². The van der Waals surface area contributed by atoms with Crippen molar-refractivity contribution in [2.75, 3.05) is 6.54 Å². The van der Waals surface area contributed by atoms with E-state index >= 15 is 0 Å². The number of rotatable bonds is 5. The third kappa shape index (κ3) is 4.34. The summed E-state index contributed by atoms with van der Waals surface area (Å²) in [5.41, 5.74) is 1.39. The number of likely N-dealkylation sites (N-methyl/N-ethyl adjacent to an activating group) is 1. The summed E-state index contributed by atoms with van der Waals surface area (Å²) >= 11 is 6.67. The maximum Gasteiger partial charge on any atom is 0.129 e. The van der Waals surface area contributed by atoms with E-state index in [9.17, 15) is 8.78 Å². The Bertz CT molecular complexity index is 632. The first kappa shape index (κ1) is 16.6. The third-order valence-corrected chi connectivity index (χ3v) is 4.49. The van der Waals surface area contributed by atoms with Crippen LogP contribution in [0.15, 0.2) is 45.3 Å². The number of nitrogens with one attached hydrogen (secondary N) is 1. The highest BCUT2D eigenvalue weighted by atomic mass is 79.9. The molecule has 0 saturated carbocycles. The van der Waals surface area contributed by atoms with E-state index in [0.29, 0.717) is 23.0 Å². The largest absolute Gasteiger partial charge is 0.310 e. The van der Waals surface area contributed by atoms with Crippen LogP contribution in [0.3, 0.4) is 0 Å². The highest BCUT2D eigenvalue weighted by Crippen LogP contribution is 2.27. The quantitative estimate of drug-likeness (QED) is 0.686. The van der Waals surface area contributed by atoms with Crippen LogP contribution in [0.5, 0.6) is 0 Å². The highest BCUT2D eigenvalue weighted by Gasteiger charge is 2.17. The predicted molar refractivity (Wildman–Crippen MR) is 88.3 cm³/mol. The van der Waals surface area contributed by atoms with Gasteiger partial charge in [0.2, 0.25) is 0 Å². The number of halogens is 4. The number of hydrogen-bond donors (Lipinski definition) is 1. The zero-order chi connectivity index (χ0) is 15.4. The monoisotopic (exact) mass is 417 g/mol. The fraction of sp³-hybridized carbons (Fsp3) is 0.250. The molecule has 1 unspecified atom stereocenters. The molecule has 1 N–H and O–H groups in total. The molecule has 0 saturated heterocycles. The van der Waals surface area contributed by atoms with Gasteiger partial charge in [-0.2, -0.15) is 0 Å². The first-order valence-electron chi connectivity index (χ1n) is 6.63. The van der Waals surface area contributed by atoms with Gasteiger partial charge >= 0.3 is 0 Å². The lowest BCUT2D eigenvalue weighted by Crippen LogP contribution is -2.24. The van der Waals surface area contributed by atoms with Crippen molar-refractivity contribution in [2.24, 2.45) is 0 Å². The van der Waals surface area contributed by atoms with Gasteiger partial charge < -0.3 is 5.32 Å². The average molecular weight is 419 g/mol. The standard InChI is InChI=1S/C16H15Br2F2N/c1-2-21-16(13-5-3-11(17)9-15(13)20)8-10-7-12(19)4-6-14(10)18/h3-7,9,16,21H,2,8H2,1H3. The molecule has 0 amide bonds. The van der Waals surface area contributed by atoms with E-state index < -0.39 is 0 Å². The van der Waals surface area contributed by atoms with Crippen LogP contribution in [0, 0.1) is 11.6 Å². The lowest BCUT2D eigenvalue weighted by molar-refractivity contribution is 0.508. The Morgan fingerprint density at radius 3 is 2.52 bits per heavy atom. The van der Waals surface area contributed by atoms with Crippen LogP contribution >= 0.6 is 31.9 Å². The van der Waals surface area contributed by atoms with Crippen LogP contribution in [0.1, 0.15) is 24.1 Å². The van der Waals surface area contributed by atoms with Gasteiger partial charge in [0.25, 0.3) is 0 Å². The van der Waals surface area contributed by atoms with E-state index in [1.165, 1.54) is 18.2 Å². The van der Waals surface area contributed by atoms with Crippen LogP contribution in [-0.2, 0) is 6.42 Å². The maximum atomic E-state index is 14.2. The van der Waals surface area contributed by atoms with Crippen molar-refractivity contribution in [3.05, 3.63) is 68.1 Å². The minimum Gasteiger partial charge on any atom is -0.310 e. The number of benzene rings is 2. The second-order valence-corrected chi connectivity index (χ2v) is 6.49. The minimum absolute atomic E-state index is 0.207. The molecule has 0 heterocycles. The molecule has 0 aliphatic carbocycles. The van der Waals surface area contributed by atoms with Gasteiger partial charge in [0.1, 0.15) is 11.6 Å². The molecule has 0 aliphatic rings. The van der Waals surface area contributed by atoms with Crippen LogP contribution in [0.2, 0.25) is 0 Å². The molecule has 0 bridgehead atoms. The molecular formula is C16H15Br2F2N. The summed E-state index contributed by atoms with van der Waals surface area (Å²) in [7, 11) is 0. The van der Waals surface area contributed by atoms with Crippen molar-refractivity contribution in [1.82, 2.24) is 5.32 Å². The molecule has 1 atom stereocenters. The van der Waals surface area contributed by atoms with Crippen molar-refractivity contribution in [2.45, 2.75) is 19.4 Å². The van der Waals surface area contributed by atoms with E-state index in [0.717, 1.165) is 10.0 Å². The molecule has 1 nitrogen and oxygen atoms in total.